The van der Waals surface area contributed by atoms with E-state index >= 15 is 0 Å². The molecule has 0 fully saturated rings. The molecule has 0 spiro atoms. The molecular weight excluding hydrogens is 305 g/mol. The van der Waals surface area contributed by atoms with Crippen molar-refractivity contribution in [1.82, 2.24) is 0 Å². The number of aryl methyl sites for hydroxylation is 1. The highest BCUT2D eigenvalue weighted by atomic mass is 32.1. The quantitative estimate of drug-likeness (QED) is 0.772. The fourth-order valence-electron chi connectivity index (χ4n) is 1.51. The minimum atomic E-state index is -4.33. The van der Waals surface area contributed by atoms with Crippen LogP contribution in [0, 0.1) is 6.92 Å². The molecule has 2 rings (SSSR count). The number of anilines is 2. The molecule has 0 aliphatic heterocycles. The van der Waals surface area contributed by atoms with E-state index in [1.54, 1.807) is 0 Å². The first kappa shape index (κ1) is 14.8. The van der Waals surface area contributed by atoms with Crippen LogP contribution in [0.1, 0.15) is 11.1 Å². The van der Waals surface area contributed by atoms with E-state index in [4.69, 9.17) is 12.2 Å². The van der Waals surface area contributed by atoms with Crippen LogP contribution in [-0.4, -0.2) is 5.11 Å². The molecule has 0 radical (unpaired) electrons. The lowest BCUT2D eigenvalue weighted by Gasteiger charge is -2.11. The predicted octanol–water partition coefficient (Wildman–Crippen LogP) is 4.88. The third kappa shape index (κ3) is 3.71. The molecule has 0 atom stereocenters. The highest BCUT2D eigenvalue weighted by Gasteiger charge is 2.29. The van der Waals surface area contributed by atoms with Gasteiger partial charge in [0.25, 0.3) is 0 Å². The van der Waals surface area contributed by atoms with Crippen molar-refractivity contribution in [2.75, 3.05) is 10.6 Å². The Balaban J connectivity index is 2.00. The van der Waals surface area contributed by atoms with Crippen LogP contribution < -0.4 is 10.6 Å². The van der Waals surface area contributed by atoms with Gasteiger partial charge in [-0.15, -0.1) is 11.3 Å². The van der Waals surface area contributed by atoms with Crippen LogP contribution in [0.4, 0.5) is 23.9 Å². The van der Waals surface area contributed by atoms with E-state index in [0.29, 0.717) is 10.8 Å². The van der Waals surface area contributed by atoms with Crippen LogP contribution in [0.25, 0.3) is 0 Å². The number of hydrogen-bond acceptors (Lipinski definition) is 2. The summed E-state index contributed by atoms with van der Waals surface area (Å²) in [6.07, 6.45) is -4.33. The number of thiocarbonyl (C=S) groups is 1. The molecule has 20 heavy (non-hydrogen) atoms. The lowest BCUT2D eigenvalue weighted by Crippen LogP contribution is -2.19. The maximum atomic E-state index is 12.4. The first-order chi connectivity index (χ1) is 9.36. The second-order valence-electron chi connectivity index (χ2n) is 4.09. The van der Waals surface area contributed by atoms with E-state index < -0.39 is 11.7 Å². The van der Waals surface area contributed by atoms with Gasteiger partial charge in [-0.2, -0.15) is 13.2 Å². The summed E-state index contributed by atoms with van der Waals surface area (Å²) in [6.45, 7) is 1.94. The number of rotatable bonds is 2. The Bertz CT molecular complexity index is 603. The second kappa shape index (κ2) is 5.80. The highest BCUT2D eigenvalue weighted by molar-refractivity contribution is 7.80. The monoisotopic (exact) mass is 316 g/mol. The minimum absolute atomic E-state index is 0.343. The maximum Gasteiger partial charge on any atom is 0.416 e. The summed E-state index contributed by atoms with van der Waals surface area (Å²) in [5.41, 5.74) is 0.882. The van der Waals surface area contributed by atoms with Crippen molar-refractivity contribution in [1.29, 1.82) is 0 Å². The van der Waals surface area contributed by atoms with Gasteiger partial charge in [0.15, 0.2) is 5.11 Å². The molecule has 0 amide bonds. The average Bonchev–Trinajstić information content (AvgIpc) is 2.74. The van der Waals surface area contributed by atoms with Crippen molar-refractivity contribution < 1.29 is 13.2 Å². The predicted molar refractivity (Wildman–Crippen MR) is 80.3 cm³/mol. The van der Waals surface area contributed by atoms with Crippen molar-refractivity contribution >= 4 is 39.4 Å². The summed E-state index contributed by atoms with van der Waals surface area (Å²) in [5, 5.41) is 9.03. The van der Waals surface area contributed by atoms with E-state index in [2.05, 4.69) is 10.6 Å². The van der Waals surface area contributed by atoms with Crippen molar-refractivity contribution in [2.45, 2.75) is 13.1 Å². The van der Waals surface area contributed by atoms with Crippen molar-refractivity contribution in [2.24, 2.45) is 0 Å². The molecule has 1 aromatic carbocycles. The Hall–Kier alpha value is -1.60. The maximum absolute atomic E-state index is 12.4. The average molecular weight is 316 g/mol. The van der Waals surface area contributed by atoms with Gasteiger partial charge >= 0.3 is 6.18 Å². The number of alkyl halides is 3. The molecule has 0 saturated heterocycles. The fourth-order valence-corrected chi connectivity index (χ4v) is 2.62. The summed E-state index contributed by atoms with van der Waals surface area (Å²) in [5.74, 6) is 0. The molecule has 0 bridgehead atoms. The van der Waals surface area contributed by atoms with Crippen molar-refractivity contribution in [3.63, 3.8) is 0 Å². The van der Waals surface area contributed by atoms with Crippen LogP contribution in [0.3, 0.4) is 0 Å². The Morgan fingerprint density at radius 1 is 1.10 bits per heavy atom. The second-order valence-corrected chi connectivity index (χ2v) is 5.41. The van der Waals surface area contributed by atoms with Gasteiger partial charge in [-0.25, -0.2) is 0 Å². The summed E-state index contributed by atoms with van der Waals surface area (Å²) < 4.78 is 37.3. The number of benzene rings is 1. The Labute approximate surface area is 123 Å². The Morgan fingerprint density at radius 2 is 1.75 bits per heavy atom. The molecule has 106 valence electrons. The molecule has 0 saturated carbocycles. The molecule has 7 heteroatoms. The molecule has 1 aromatic heterocycles. The smallest absolute Gasteiger partial charge is 0.332 e. The summed E-state index contributed by atoms with van der Waals surface area (Å²) in [6, 6.07) is 6.67. The van der Waals surface area contributed by atoms with Crippen LogP contribution >= 0.6 is 23.6 Å². The topological polar surface area (TPSA) is 24.1 Å². The zero-order valence-corrected chi connectivity index (χ0v) is 12.0. The molecule has 1 heterocycles. The standard InChI is InChI=1S/C13H11F3N2S2/c1-8-6-7-20-11(8)18-12(19)17-10-4-2-9(3-5-10)13(14,15)16/h2-7H,1H3,(H2,17,18,19). The molecule has 0 aliphatic rings. The zero-order chi connectivity index (χ0) is 14.8. The van der Waals surface area contributed by atoms with E-state index in [0.717, 1.165) is 22.7 Å². The number of hydrogen-bond donors (Lipinski definition) is 2. The van der Waals surface area contributed by atoms with E-state index in [1.807, 2.05) is 18.4 Å². The number of halogens is 3. The van der Waals surface area contributed by atoms with Gasteiger partial charge in [-0.1, -0.05) is 0 Å². The van der Waals surface area contributed by atoms with E-state index in [-0.39, 0.29) is 0 Å². The minimum Gasteiger partial charge on any atom is -0.332 e. The third-order valence-corrected chi connectivity index (χ3v) is 3.70. The van der Waals surface area contributed by atoms with E-state index in [9.17, 15) is 13.2 Å². The van der Waals surface area contributed by atoms with Gasteiger partial charge < -0.3 is 10.6 Å². The van der Waals surface area contributed by atoms with Gasteiger partial charge in [0, 0.05) is 5.69 Å². The lowest BCUT2D eigenvalue weighted by molar-refractivity contribution is -0.137. The van der Waals surface area contributed by atoms with Gasteiger partial charge in [0.2, 0.25) is 0 Å². The number of nitrogens with one attached hydrogen (secondary N) is 2. The SMILES string of the molecule is Cc1ccsc1NC(=S)Nc1ccc(C(F)(F)F)cc1. The number of thiophene rings is 1. The molecular formula is C13H11F3N2S2. The Kier molecular flexibility index (Phi) is 4.29. The van der Waals surface area contributed by atoms with Gasteiger partial charge in [0.05, 0.1) is 10.6 Å². The first-order valence-corrected chi connectivity index (χ1v) is 6.94. The first-order valence-electron chi connectivity index (χ1n) is 5.65. The van der Waals surface area contributed by atoms with Gasteiger partial charge in [0.1, 0.15) is 0 Å². The third-order valence-electron chi connectivity index (χ3n) is 2.56. The largest absolute Gasteiger partial charge is 0.416 e. The van der Waals surface area contributed by atoms with E-state index in [1.165, 1.54) is 23.5 Å². The van der Waals surface area contributed by atoms with Crippen LogP contribution in [0.2, 0.25) is 0 Å². The summed E-state index contributed by atoms with van der Waals surface area (Å²) in [7, 11) is 0. The van der Waals surface area contributed by atoms with Crippen LogP contribution in [0.15, 0.2) is 35.7 Å². The molecule has 0 unspecified atom stereocenters. The van der Waals surface area contributed by atoms with Gasteiger partial charge in [-0.3, -0.25) is 0 Å². The highest BCUT2D eigenvalue weighted by Crippen LogP contribution is 2.30. The summed E-state index contributed by atoms with van der Waals surface area (Å²) >= 11 is 6.62. The molecule has 0 aliphatic carbocycles. The van der Waals surface area contributed by atoms with Crippen molar-refractivity contribution in [3.05, 3.63) is 46.8 Å². The summed E-state index contributed by atoms with van der Waals surface area (Å²) in [4.78, 5) is 0. The van der Waals surface area contributed by atoms with Gasteiger partial charge in [-0.05, 0) is 60.4 Å². The lowest BCUT2D eigenvalue weighted by atomic mass is 10.2. The van der Waals surface area contributed by atoms with Crippen molar-refractivity contribution in [3.8, 4) is 0 Å². The Morgan fingerprint density at radius 3 is 2.25 bits per heavy atom. The zero-order valence-electron chi connectivity index (χ0n) is 10.4. The van der Waals surface area contributed by atoms with Crippen LogP contribution in [-0.2, 0) is 6.18 Å². The molecule has 2 N–H and O–H groups in total. The normalized spacial score (nSPS) is 11.2. The molecule has 2 nitrogen and oxygen atoms in total. The fraction of sp³-hybridized carbons (Fsp3) is 0.154. The van der Waals surface area contributed by atoms with Crippen LogP contribution in [0.5, 0.6) is 0 Å². The molecule has 2 aromatic rings.